The van der Waals surface area contributed by atoms with Gasteiger partial charge in [0.25, 0.3) is 0 Å². The molecule has 0 fully saturated rings. The molecule has 15 aromatic carbocycles. The second-order valence-electron chi connectivity index (χ2n) is 33.4. The Labute approximate surface area is 734 Å². The van der Waals surface area contributed by atoms with Crippen LogP contribution in [0, 0.1) is 0 Å². The molecule has 27 rings (SSSR count). The van der Waals surface area contributed by atoms with E-state index in [4.69, 9.17) is 39.9 Å². The highest BCUT2D eigenvalue weighted by molar-refractivity contribution is 6.14. The first-order valence-corrected chi connectivity index (χ1v) is 43.3. The largest absolute Gasteiger partial charge is 0.310 e. The molecule has 1 aliphatic rings. The van der Waals surface area contributed by atoms with E-state index in [2.05, 4.69) is 364 Å². The second kappa shape index (κ2) is 29.6. The topological polar surface area (TPSA) is 125 Å². The van der Waals surface area contributed by atoms with Crippen LogP contribution in [0.1, 0.15) is 25.0 Å². The number of pyridine rings is 6. The zero-order chi connectivity index (χ0) is 84.7. The highest BCUT2D eigenvalue weighted by Gasteiger charge is 2.38. The number of benzene rings is 15. The minimum absolute atomic E-state index is 0.196. The van der Waals surface area contributed by atoms with Crippen LogP contribution >= 0.6 is 0 Å². The Morgan fingerprint density at radius 2 is 0.617 bits per heavy atom. The standard InChI is InChI=1S/C40H25N5.C39H28N4.C36H22N4/c1-3-12-26(13-4-1)34-24-35(43-39(42-34)27-14-5-2-6-15-27)29-17-11-18-30(22-29)36-23-28-16-7-8-19-31(28)40-44-38-32-20-9-10-21-33(32)41-25-37(38)45(36)40;1-39(2)30-17-9-11-19-33(30)42(27-13-4-3-5-14-27)34-21-20-26(22-31(34)39)35-23-25-12-6-7-15-28(25)38-41-37-29-16-8-10-18-32(29)40-24-36(37)43(35)38;1-2-11-25(12-3-1)39-31-17-9-7-14-27(31)29-20-24(18-19-32(29)39)33-21-23-10-4-5-13-26(23)36-38-35-28-15-6-8-16-30(28)37-22-34(35)40(33)36/h1-25H;3-24H,1-2H3;1-22H. The normalized spacial score (nSPS) is 12.5. The van der Waals surface area contributed by atoms with E-state index in [0.717, 1.165) is 178 Å². The molecule has 0 radical (unpaired) electrons. The molecule has 11 aromatic heterocycles. The lowest BCUT2D eigenvalue weighted by Gasteiger charge is -2.42. The Hall–Kier alpha value is -17.2. The van der Waals surface area contributed by atoms with E-state index in [-0.39, 0.29) is 5.41 Å². The van der Waals surface area contributed by atoms with E-state index >= 15 is 0 Å². The fourth-order valence-corrected chi connectivity index (χ4v) is 19.6. The average Bonchev–Trinajstić information content (AvgIpc) is 0.884. The van der Waals surface area contributed by atoms with Crippen LogP contribution in [0.5, 0.6) is 0 Å². The number of para-hydroxylation sites is 7. The van der Waals surface area contributed by atoms with Crippen LogP contribution in [0.4, 0.5) is 17.1 Å². The minimum Gasteiger partial charge on any atom is -0.310 e. The van der Waals surface area contributed by atoms with Crippen molar-refractivity contribution >= 4 is 154 Å². The summed E-state index contributed by atoms with van der Waals surface area (Å²) in [6.07, 6.45) is 5.89. The number of hydrogen-bond acceptors (Lipinski definition) is 9. The van der Waals surface area contributed by atoms with Crippen molar-refractivity contribution in [3.05, 3.63) is 430 Å². The molecular formula is C115H75N13. The van der Waals surface area contributed by atoms with E-state index < -0.39 is 0 Å². The molecule has 600 valence electrons. The lowest BCUT2D eigenvalue weighted by molar-refractivity contribution is 0.632. The molecule has 0 bridgehead atoms. The first kappa shape index (κ1) is 73.5. The molecule has 0 unspecified atom stereocenters. The van der Waals surface area contributed by atoms with Crippen LogP contribution in [0.2, 0.25) is 0 Å². The Kier molecular flexibility index (Phi) is 17.0. The van der Waals surface area contributed by atoms with Gasteiger partial charge in [-0.3, -0.25) is 28.2 Å². The predicted molar refractivity (Wildman–Crippen MR) is 526 cm³/mol. The molecule has 0 aliphatic carbocycles. The highest BCUT2D eigenvalue weighted by Crippen LogP contribution is 2.53. The SMILES string of the molecule is CC1(C)c2ccccc2N(c2ccccc2)c2ccc(-c3cc4ccccc4c4nc5c6ccccc6ncc5n34)cc21.c1ccc(-c2cc(-c3cccc(-c4cc5ccccc5c5nc6c7ccccc7ncc6n45)c3)nc(-c3ccccc3)n2)cc1.c1ccc(-n2c3ccccc3c3cc(-c4cc5ccccc5c5nc6c7ccccc7ncc6n45)ccc32)cc1. The van der Waals surface area contributed by atoms with Gasteiger partial charge in [-0.1, -0.05) is 305 Å². The molecule has 12 heterocycles. The number of fused-ring (bicyclic) bond motifs is 26. The molecule has 1 aliphatic heterocycles. The lowest BCUT2D eigenvalue weighted by Crippen LogP contribution is -2.30. The molecule has 0 amide bonds. The Morgan fingerprint density at radius 1 is 0.234 bits per heavy atom. The number of hydrogen-bond donors (Lipinski definition) is 0. The Morgan fingerprint density at radius 3 is 1.15 bits per heavy atom. The number of nitrogens with zero attached hydrogens (tertiary/aromatic N) is 13. The molecule has 13 heteroatoms. The zero-order valence-corrected chi connectivity index (χ0v) is 69.7. The quantitative estimate of drug-likeness (QED) is 0.146. The van der Waals surface area contributed by atoms with Gasteiger partial charge in [-0.25, -0.2) is 24.9 Å². The maximum absolute atomic E-state index is 5.27. The van der Waals surface area contributed by atoms with Gasteiger partial charge in [-0.05, 0) is 153 Å². The molecule has 13 nitrogen and oxygen atoms in total. The molecule has 128 heavy (non-hydrogen) atoms. The molecule has 0 spiro atoms. The van der Waals surface area contributed by atoms with Crippen molar-refractivity contribution in [2.45, 2.75) is 19.3 Å². The third kappa shape index (κ3) is 11.9. The van der Waals surface area contributed by atoms with E-state index in [1.54, 1.807) is 0 Å². The highest BCUT2D eigenvalue weighted by atomic mass is 15.2. The smallest absolute Gasteiger partial charge is 0.160 e. The molecule has 0 saturated carbocycles. The minimum atomic E-state index is -0.196. The summed E-state index contributed by atoms with van der Waals surface area (Å²) in [5.41, 5.74) is 32.6. The third-order valence-electron chi connectivity index (χ3n) is 25.7. The Balaban J connectivity index is 0.000000104. The molecule has 26 aromatic rings. The first-order chi connectivity index (χ1) is 63.2. The maximum Gasteiger partial charge on any atom is 0.160 e. The van der Waals surface area contributed by atoms with Crippen LogP contribution in [0.3, 0.4) is 0 Å². The molecule has 0 saturated heterocycles. The van der Waals surface area contributed by atoms with Gasteiger partial charge in [0.1, 0.15) is 33.5 Å². The number of anilines is 3. The van der Waals surface area contributed by atoms with Crippen molar-refractivity contribution in [2.75, 3.05) is 4.90 Å². The van der Waals surface area contributed by atoms with Gasteiger partial charge in [-0.15, -0.1) is 0 Å². The number of imidazole rings is 3. The van der Waals surface area contributed by atoms with Crippen molar-refractivity contribution in [3.63, 3.8) is 0 Å². The first-order valence-electron chi connectivity index (χ1n) is 43.3. The Bertz CT molecular complexity index is 8950. The average molecular weight is 1640 g/mol. The van der Waals surface area contributed by atoms with Gasteiger partial charge >= 0.3 is 0 Å². The van der Waals surface area contributed by atoms with Crippen molar-refractivity contribution in [1.29, 1.82) is 0 Å². The molecule has 0 atom stereocenters. The van der Waals surface area contributed by atoms with Gasteiger partial charge in [0, 0.05) is 76.6 Å². The number of rotatable bonds is 8. The van der Waals surface area contributed by atoms with Crippen LogP contribution in [-0.4, -0.2) is 57.6 Å². The van der Waals surface area contributed by atoms with Crippen LogP contribution in [0.25, 0.3) is 210 Å². The fraction of sp³-hybridized carbons (Fsp3) is 0.0261. The fourth-order valence-electron chi connectivity index (χ4n) is 19.6. The predicted octanol–water partition coefficient (Wildman–Crippen LogP) is 28.6. The van der Waals surface area contributed by atoms with Crippen molar-refractivity contribution in [1.82, 2.24) is 57.6 Å². The van der Waals surface area contributed by atoms with Gasteiger partial charge < -0.3 is 9.47 Å². The summed E-state index contributed by atoms with van der Waals surface area (Å²) in [7, 11) is 0. The second-order valence-corrected chi connectivity index (χ2v) is 33.4. The monoisotopic (exact) mass is 1640 g/mol. The van der Waals surface area contributed by atoms with Crippen molar-refractivity contribution < 1.29 is 0 Å². The molecular weight excluding hydrogens is 1560 g/mol. The summed E-state index contributed by atoms with van der Waals surface area (Å²) in [4.78, 5) is 42.7. The summed E-state index contributed by atoms with van der Waals surface area (Å²) in [6, 6.07) is 141. The van der Waals surface area contributed by atoms with Gasteiger partial charge in [0.15, 0.2) is 5.82 Å². The van der Waals surface area contributed by atoms with Gasteiger partial charge in [-0.2, -0.15) is 0 Å². The summed E-state index contributed by atoms with van der Waals surface area (Å²) in [5, 5.41) is 12.5. The van der Waals surface area contributed by atoms with Crippen LogP contribution in [-0.2, 0) is 5.41 Å². The van der Waals surface area contributed by atoms with Crippen LogP contribution < -0.4 is 4.90 Å². The van der Waals surface area contributed by atoms with Crippen molar-refractivity contribution in [3.8, 4) is 73.4 Å². The third-order valence-corrected chi connectivity index (χ3v) is 25.7. The van der Waals surface area contributed by atoms with E-state index in [9.17, 15) is 0 Å². The number of aromatic nitrogens is 12. The summed E-state index contributed by atoms with van der Waals surface area (Å²) in [5.74, 6) is 0.698. The van der Waals surface area contributed by atoms with E-state index in [0.29, 0.717) is 5.82 Å². The summed E-state index contributed by atoms with van der Waals surface area (Å²) in [6.45, 7) is 4.69. The summed E-state index contributed by atoms with van der Waals surface area (Å²) < 4.78 is 9.19. The molecule has 0 N–H and O–H groups in total. The van der Waals surface area contributed by atoms with Gasteiger partial charge in [0.05, 0.1) is 103 Å². The summed E-state index contributed by atoms with van der Waals surface area (Å²) >= 11 is 0. The van der Waals surface area contributed by atoms with E-state index in [1.807, 2.05) is 91.4 Å². The van der Waals surface area contributed by atoms with E-state index in [1.165, 1.54) is 55.1 Å². The lowest BCUT2D eigenvalue weighted by atomic mass is 9.73. The zero-order valence-electron chi connectivity index (χ0n) is 69.7. The van der Waals surface area contributed by atoms with Crippen molar-refractivity contribution in [2.24, 2.45) is 0 Å². The maximum atomic E-state index is 5.27. The van der Waals surface area contributed by atoms with Crippen LogP contribution in [0.15, 0.2) is 419 Å². The van der Waals surface area contributed by atoms with Gasteiger partial charge in [0.2, 0.25) is 0 Å².